The standard InChI is InChI=1S/C19H22Cl2N2O/c1-11-7-12(2)19(13(3)8-11)23-18(24)10-22-14(4)16-6-5-15(20)9-17(16)21/h5-9,14,22H,10H2,1-4H3,(H,23,24)/t14-/m0/s1. The maximum Gasteiger partial charge on any atom is 0.238 e. The highest BCUT2D eigenvalue weighted by Gasteiger charge is 2.13. The third kappa shape index (κ3) is 4.73. The lowest BCUT2D eigenvalue weighted by Crippen LogP contribution is -2.30. The maximum atomic E-state index is 12.2. The predicted octanol–water partition coefficient (Wildman–Crippen LogP) is 5.21. The summed E-state index contributed by atoms with van der Waals surface area (Å²) in [6, 6.07) is 9.43. The van der Waals surface area contributed by atoms with Gasteiger partial charge in [0.05, 0.1) is 6.54 Å². The number of anilines is 1. The van der Waals surface area contributed by atoms with Crippen LogP contribution < -0.4 is 10.6 Å². The van der Waals surface area contributed by atoms with Gasteiger partial charge in [-0.3, -0.25) is 4.79 Å². The molecule has 2 N–H and O–H groups in total. The van der Waals surface area contributed by atoms with E-state index < -0.39 is 0 Å². The Labute approximate surface area is 153 Å². The molecule has 3 nitrogen and oxygen atoms in total. The first kappa shape index (κ1) is 18.8. The van der Waals surface area contributed by atoms with Crippen LogP contribution in [0.1, 0.15) is 35.2 Å². The van der Waals surface area contributed by atoms with Gasteiger partial charge >= 0.3 is 0 Å². The lowest BCUT2D eigenvalue weighted by Gasteiger charge is -2.17. The average molecular weight is 365 g/mol. The molecule has 0 heterocycles. The quantitative estimate of drug-likeness (QED) is 0.764. The van der Waals surface area contributed by atoms with Gasteiger partial charge in [0, 0.05) is 21.8 Å². The number of carbonyl (C=O) groups is 1. The molecule has 0 aliphatic rings. The molecule has 2 aromatic carbocycles. The number of amides is 1. The van der Waals surface area contributed by atoms with Gasteiger partial charge < -0.3 is 10.6 Å². The normalized spacial score (nSPS) is 12.1. The SMILES string of the molecule is Cc1cc(C)c(NC(=O)CN[C@@H](C)c2ccc(Cl)cc2Cl)c(C)c1. The molecule has 24 heavy (non-hydrogen) atoms. The van der Waals surface area contributed by atoms with E-state index in [0.717, 1.165) is 22.4 Å². The topological polar surface area (TPSA) is 41.1 Å². The van der Waals surface area contributed by atoms with E-state index in [1.165, 1.54) is 5.56 Å². The van der Waals surface area contributed by atoms with Gasteiger partial charge in [0.2, 0.25) is 5.91 Å². The molecule has 0 unspecified atom stereocenters. The summed E-state index contributed by atoms with van der Waals surface area (Å²) in [6.07, 6.45) is 0. The maximum absolute atomic E-state index is 12.2. The Bertz CT molecular complexity index is 736. The zero-order valence-electron chi connectivity index (χ0n) is 14.3. The van der Waals surface area contributed by atoms with E-state index in [-0.39, 0.29) is 18.5 Å². The Morgan fingerprint density at radius 1 is 1.08 bits per heavy atom. The number of carbonyl (C=O) groups excluding carboxylic acids is 1. The Morgan fingerprint density at radius 2 is 1.71 bits per heavy atom. The van der Waals surface area contributed by atoms with E-state index in [0.29, 0.717) is 10.0 Å². The molecule has 0 radical (unpaired) electrons. The van der Waals surface area contributed by atoms with Crippen molar-refractivity contribution in [3.63, 3.8) is 0 Å². The molecular weight excluding hydrogens is 343 g/mol. The molecular formula is C19H22Cl2N2O. The smallest absolute Gasteiger partial charge is 0.238 e. The van der Waals surface area contributed by atoms with Crippen molar-refractivity contribution in [2.45, 2.75) is 33.7 Å². The highest BCUT2D eigenvalue weighted by Crippen LogP contribution is 2.26. The fraction of sp³-hybridized carbons (Fsp3) is 0.316. The number of aryl methyl sites for hydroxylation is 3. The van der Waals surface area contributed by atoms with Gasteiger partial charge in [-0.1, -0.05) is 47.0 Å². The molecule has 1 atom stereocenters. The summed E-state index contributed by atoms with van der Waals surface area (Å²) in [5.74, 6) is -0.0815. The molecule has 2 rings (SSSR count). The third-order valence-electron chi connectivity index (χ3n) is 3.94. The van der Waals surface area contributed by atoms with Crippen molar-refractivity contribution >= 4 is 34.8 Å². The summed E-state index contributed by atoms with van der Waals surface area (Å²) in [5, 5.41) is 7.36. The molecule has 0 fully saturated rings. The first-order chi connectivity index (χ1) is 11.3. The minimum Gasteiger partial charge on any atom is -0.324 e. The highest BCUT2D eigenvalue weighted by atomic mass is 35.5. The molecule has 0 saturated heterocycles. The van der Waals surface area contributed by atoms with E-state index in [2.05, 4.69) is 22.8 Å². The fourth-order valence-corrected chi connectivity index (χ4v) is 3.34. The second-order valence-corrected chi connectivity index (χ2v) is 6.93. The van der Waals surface area contributed by atoms with E-state index in [9.17, 15) is 4.79 Å². The summed E-state index contributed by atoms with van der Waals surface area (Å²) in [6.45, 7) is 8.21. The summed E-state index contributed by atoms with van der Waals surface area (Å²) in [7, 11) is 0. The zero-order chi connectivity index (χ0) is 17.9. The van der Waals surface area contributed by atoms with Gasteiger partial charge in [-0.2, -0.15) is 0 Å². The second kappa shape index (κ2) is 8.02. The van der Waals surface area contributed by atoms with Crippen LogP contribution >= 0.6 is 23.2 Å². The molecule has 5 heteroatoms. The van der Waals surface area contributed by atoms with Crippen LogP contribution in [0, 0.1) is 20.8 Å². The van der Waals surface area contributed by atoms with Crippen LogP contribution in [-0.2, 0) is 4.79 Å². The number of hydrogen-bond donors (Lipinski definition) is 2. The number of benzene rings is 2. The molecule has 0 aromatic heterocycles. The van der Waals surface area contributed by atoms with Crippen LogP contribution in [-0.4, -0.2) is 12.5 Å². The molecule has 128 valence electrons. The van der Waals surface area contributed by atoms with Crippen molar-refractivity contribution in [3.05, 3.63) is 62.6 Å². The van der Waals surface area contributed by atoms with Crippen LogP contribution in [0.2, 0.25) is 10.0 Å². The van der Waals surface area contributed by atoms with Gasteiger partial charge in [0.15, 0.2) is 0 Å². The summed E-state index contributed by atoms with van der Waals surface area (Å²) >= 11 is 12.1. The Kier molecular flexibility index (Phi) is 6.27. The monoisotopic (exact) mass is 364 g/mol. The van der Waals surface area contributed by atoms with Crippen LogP contribution in [0.3, 0.4) is 0 Å². The average Bonchev–Trinajstić information content (AvgIpc) is 2.48. The lowest BCUT2D eigenvalue weighted by atomic mass is 10.1. The molecule has 2 aromatic rings. The fourth-order valence-electron chi connectivity index (χ4n) is 2.77. The van der Waals surface area contributed by atoms with Crippen LogP contribution in [0.15, 0.2) is 30.3 Å². The first-order valence-electron chi connectivity index (χ1n) is 7.84. The van der Waals surface area contributed by atoms with Gasteiger partial charge in [-0.15, -0.1) is 0 Å². The molecule has 0 aliphatic heterocycles. The zero-order valence-corrected chi connectivity index (χ0v) is 15.8. The van der Waals surface area contributed by atoms with Crippen molar-refractivity contribution in [3.8, 4) is 0 Å². The van der Waals surface area contributed by atoms with E-state index in [1.807, 2.05) is 33.8 Å². The Hall–Kier alpha value is -1.55. The van der Waals surface area contributed by atoms with Crippen molar-refractivity contribution in [1.82, 2.24) is 5.32 Å². The summed E-state index contributed by atoms with van der Waals surface area (Å²) < 4.78 is 0. The summed E-state index contributed by atoms with van der Waals surface area (Å²) in [5.41, 5.74) is 5.11. The van der Waals surface area contributed by atoms with Crippen molar-refractivity contribution in [2.75, 3.05) is 11.9 Å². The number of hydrogen-bond acceptors (Lipinski definition) is 2. The molecule has 0 aliphatic carbocycles. The van der Waals surface area contributed by atoms with Crippen molar-refractivity contribution in [1.29, 1.82) is 0 Å². The van der Waals surface area contributed by atoms with Gasteiger partial charge in [0.25, 0.3) is 0 Å². The predicted molar refractivity (Wildman–Crippen MR) is 102 cm³/mol. The van der Waals surface area contributed by atoms with E-state index in [4.69, 9.17) is 23.2 Å². The first-order valence-corrected chi connectivity index (χ1v) is 8.59. The molecule has 1 amide bonds. The van der Waals surface area contributed by atoms with Gasteiger partial charge in [-0.25, -0.2) is 0 Å². The van der Waals surface area contributed by atoms with Gasteiger partial charge in [0.1, 0.15) is 0 Å². The van der Waals surface area contributed by atoms with Crippen LogP contribution in [0.5, 0.6) is 0 Å². The lowest BCUT2D eigenvalue weighted by molar-refractivity contribution is -0.115. The highest BCUT2D eigenvalue weighted by molar-refractivity contribution is 6.35. The molecule has 0 saturated carbocycles. The van der Waals surface area contributed by atoms with Crippen LogP contribution in [0.25, 0.3) is 0 Å². The van der Waals surface area contributed by atoms with Gasteiger partial charge in [-0.05, 0) is 56.5 Å². The Balaban J connectivity index is 1.98. The van der Waals surface area contributed by atoms with Crippen molar-refractivity contribution < 1.29 is 4.79 Å². The second-order valence-electron chi connectivity index (χ2n) is 6.09. The number of halogens is 2. The summed E-state index contributed by atoms with van der Waals surface area (Å²) in [4.78, 5) is 12.2. The van der Waals surface area contributed by atoms with Crippen molar-refractivity contribution in [2.24, 2.45) is 0 Å². The largest absolute Gasteiger partial charge is 0.324 e. The Morgan fingerprint density at radius 3 is 2.29 bits per heavy atom. The van der Waals surface area contributed by atoms with Crippen LogP contribution in [0.4, 0.5) is 5.69 Å². The molecule has 0 spiro atoms. The van der Waals surface area contributed by atoms with E-state index in [1.54, 1.807) is 12.1 Å². The van der Waals surface area contributed by atoms with E-state index >= 15 is 0 Å². The molecule has 0 bridgehead atoms. The number of rotatable bonds is 5. The third-order valence-corrected chi connectivity index (χ3v) is 4.50. The minimum absolute atomic E-state index is 0.0549. The minimum atomic E-state index is -0.0815. The number of nitrogens with one attached hydrogen (secondary N) is 2.